The zero-order valence-corrected chi connectivity index (χ0v) is 17.7. The number of halogens is 2. The first kappa shape index (κ1) is 22.8. The van der Waals surface area contributed by atoms with Gasteiger partial charge in [-0.15, -0.1) is 0 Å². The van der Waals surface area contributed by atoms with Gasteiger partial charge in [0.15, 0.2) is 0 Å². The van der Waals surface area contributed by atoms with E-state index in [-0.39, 0.29) is 6.17 Å². The zero-order chi connectivity index (χ0) is 16.8. The maximum absolute atomic E-state index is 6.87. The topological polar surface area (TPSA) is 30.3 Å². The first-order valence-corrected chi connectivity index (χ1v) is 11.8. The molecule has 3 nitrogen and oxygen atoms in total. The van der Waals surface area contributed by atoms with E-state index >= 15 is 0 Å². The van der Waals surface area contributed by atoms with Crippen LogP contribution in [-0.2, 0) is 17.3 Å². The van der Waals surface area contributed by atoms with Gasteiger partial charge in [-0.25, -0.2) is 8.61 Å². The van der Waals surface area contributed by atoms with E-state index in [9.17, 15) is 0 Å². The second kappa shape index (κ2) is 15.4. The molecule has 0 saturated carbocycles. The number of unbranched alkanes of at least 4 members (excludes halogenated alkanes) is 2. The molecule has 22 heavy (non-hydrogen) atoms. The van der Waals surface area contributed by atoms with Crippen molar-refractivity contribution in [3.05, 3.63) is 41.3 Å². The standard InChI is InChI=1S/C14H23ClN3S2.ClH.Ru/c1-19-17-11-12-18(20-2)14(17)13(15)9-7-5-3-4-6-8-10-16;;/h4,6,8-10,14,16H,3,5,7,11-12H2,1-2H3;1H;/q-1;;+2/p-1/b6-4-,10-8-,13-9+;;. The number of rotatable bonds is 8. The first-order valence-electron chi connectivity index (χ1n) is 6.84. The van der Waals surface area contributed by atoms with Crippen LogP contribution < -0.4 is 0 Å². The second-order valence-electron chi connectivity index (χ2n) is 4.33. The Morgan fingerprint density at radius 2 is 1.77 bits per heavy atom. The molecule has 8 heteroatoms. The van der Waals surface area contributed by atoms with Gasteiger partial charge >= 0.3 is 27.0 Å². The van der Waals surface area contributed by atoms with Crippen molar-refractivity contribution in [3.8, 4) is 0 Å². The molecule has 1 aliphatic heterocycles. The summed E-state index contributed by atoms with van der Waals surface area (Å²) >= 11 is 11.8. The molecule has 0 spiro atoms. The zero-order valence-electron chi connectivity index (χ0n) is 12.8. The average molecular weight is 469 g/mol. The van der Waals surface area contributed by atoms with Crippen LogP contribution in [0, 0.1) is 0 Å². The van der Waals surface area contributed by atoms with Crippen LogP contribution in [0.25, 0.3) is 5.73 Å². The Balaban J connectivity index is 0.00000211. The number of allylic oxidation sites excluding steroid dienone is 4. The van der Waals surface area contributed by atoms with Crippen LogP contribution >= 0.6 is 45.2 Å². The molecule has 1 rings (SSSR count). The molecule has 0 radical (unpaired) electrons. The summed E-state index contributed by atoms with van der Waals surface area (Å²) in [6, 6.07) is 0. The number of nitrogens with one attached hydrogen (secondary N) is 1. The van der Waals surface area contributed by atoms with Crippen molar-refractivity contribution < 1.29 is 17.3 Å². The quantitative estimate of drug-likeness (QED) is 0.201. The molecular weight excluding hydrogens is 446 g/mol. The fraction of sp³-hybridized carbons (Fsp3) is 0.571. The van der Waals surface area contributed by atoms with E-state index in [1.54, 1.807) is 30.0 Å². The van der Waals surface area contributed by atoms with Gasteiger partial charge in [0.2, 0.25) is 0 Å². The summed E-state index contributed by atoms with van der Waals surface area (Å²) in [5, 5.41) is 0.932. The van der Waals surface area contributed by atoms with Crippen LogP contribution in [0.4, 0.5) is 0 Å². The number of hydrogen-bond donors (Lipinski definition) is 0. The summed E-state index contributed by atoms with van der Waals surface area (Å²) in [5.41, 5.74) is 6.87. The molecule has 0 aromatic heterocycles. The molecule has 0 aromatic rings. The molecular formula is C14H23Cl2N3RuS2. The van der Waals surface area contributed by atoms with E-state index in [0.717, 1.165) is 37.4 Å². The molecule has 1 saturated heterocycles. The van der Waals surface area contributed by atoms with Gasteiger partial charge in [-0.05, 0) is 31.8 Å². The Morgan fingerprint density at radius 1 is 1.18 bits per heavy atom. The third-order valence-corrected chi connectivity index (χ3v) is 5.11. The molecule has 0 aliphatic carbocycles. The maximum atomic E-state index is 6.87. The van der Waals surface area contributed by atoms with Crippen molar-refractivity contribution in [2.45, 2.75) is 25.4 Å². The minimum absolute atomic E-state index is 0.212. The monoisotopic (exact) mass is 469 g/mol. The fourth-order valence-corrected chi connectivity index (χ4v) is 3.96. The van der Waals surface area contributed by atoms with Crippen LogP contribution in [0.15, 0.2) is 35.5 Å². The summed E-state index contributed by atoms with van der Waals surface area (Å²) in [6.45, 7) is 2.11. The van der Waals surface area contributed by atoms with Crippen molar-refractivity contribution in [1.82, 2.24) is 8.61 Å². The van der Waals surface area contributed by atoms with Gasteiger partial charge < -0.3 is 5.73 Å². The third-order valence-electron chi connectivity index (χ3n) is 3.06. The summed E-state index contributed by atoms with van der Waals surface area (Å²) in [6.07, 6.45) is 16.7. The van der Waals surface area contributed by atoms with Crippen LogP contribution in [0.5, 0.6) is 0 Å². The van der Waals surface area contributed by atoms with Crippen LogP contribution in [-0.4, -0.2) is 40.4 Å². The molecule has 1 aliphatic rings. The van der Waals surface area contributed by atoms with Crippen molar-refractivity contribution >= 4 is 45.2 Å². The minimum atomic E-state index is 0.212. The fourth-order valence-electron chi connectivity index (χ4n) is 2.05. The van der Waals surface area contributed by atoms with E-state index < -0.39 is 0 Å². The third kappa shape index (κ3) is 8.63. The summed E-state index contributed by atoms with van der Waals surface area (Å²) in [5.74, 6) is 0. The van der Waals surface area contributed by atoms with Gasteiger partial charge in [-0.3, -0.25) is 0 Å². The first-order chi connectivity index (χ1) is 10.7. The van der Waals surface area contributed by atoms with Gasteiger partial charge in [0.25, 0.3) is 0 Å². The average Bonchev–Trinajstić information content (AvgIpc) is 2.98. The Hall–Kier alpha value is 0.843. The van der Waals surface area contributed by atoms with Crippen molar-refractivity contribution in [1.29, 1.82) is 0 Å². The van der Waals surface area contributed by atoms with Gasteiger partial charge in [0, 0.05) is 18.1 Å². The van der Waals surface area contributed by atoms with E-state index in [0.29, 0.717) is 0 Å². The Labute approximate surface area is 162 Å². The molecule has 0 amide bonds. The van der Waals surface area contributed by atoms with E-state index in [1.165, 1.54) is 6.20 Å². The van der Waals surface area contributed by atoms with Crippen LogP contribution in [0.2, 0.25) is 0 Å². The van der Waals surface area contributed by atoms with E-state index in [2.05, 4.69) is 43.0 Å². The Bertz CT molecular complexity index is 356. The normalized spacial score (nSPS) is 18.3. The van der Waals surface area contributed by atoms with Crippen molar-refractivity contribution in [2.24, 2.45) is 0 Å². The van der Waals surface area contributed by atoms with Gasteiger partial charge in [0.05, 0.1) is 0 Å². The molecule has 1 N–H and O–H groups in total. The molecule has 1 heterocycles. The Kier molecular flexibility index (Phi) is 16.0. The molecule has 0 atom stereocenters. The summed E-state index contributed by atoms with van der Waals surface area (Å²) in [7, 11) is 4.57. The predicted octanol–water partition coefficient (Wildman–Crippen LogP) is 5.59. The second-order valence-corrected chi connectivity index (χ2v) is 6.43. The van der Waals surface area contributed by atoms with Gasteiger partial charge in [-0.2, -0.15) is 6.20 Å². The number of nitrogens with zero attached hydrogens (tertiary/aromatic N) is 2. The predicted molar refractivity (Wildman–Crippen MR) is 100 cm³/mol. The molecule has 0 unspecified atom stereocenters. The van der Waals surface area contributed by atoms with Crippen LogP contribution in [0.1, 0.15) is 19.3 Å². The molecule has 0 aromatic carbocycles. The van der Waals surface area contributed by atoms with E-state index in [4.69, 9.17) is 17.3 Å². The summed E-state index contributed by atoms with van der Waals surface area (Å²) < 4.78 is 4.66. The Morgan fingerprint density at radius 3 is 2.27 bits per heavy atom. The van der Waals surface area contributed by atoms with Crippen molar-refractivity contribution in [2.75, 3.05) is 25.6 Å². The van der Waals surface area contributed by atoms with Gasteiger partial charge in [-0.1, -0.05) is 59.8 Å². The van der Waals surface area contributed by atoms with Crippen LogP contribution in [0.3, 0.4) is 0 Å². The summed E-state index contributed by atoms with van der Waals surface area (Å²) in [4.78, 5) is 0. The number of hydrogen-bond acceptors (Lipinski definition) is 4. The molecule has 0 bridgehead atoms. The van der Waals surface area contributed by atoms with Crippen molar-refractivity contribution in [3.63, 3.8) is 0 Å². The van der Waals surface area contributed by atoms with E-state index in [1.807, 2.05) is 23.4 Å². The molecule has 128 valence electrons. The SMILES string of the molecule is CSN1CCN(SC)C1/C(Cl)=C\CCC/C=C\C=C/[NH-].[Cl][Ru+]. The molecule has 1 fully saturated rings. The van der Waals surface area contributed by atoms with Gasteiger partial charge in [0.1, 0.15) is 6.17 Å².